The summed E-state index contributed by atoms with van der Waals surface area (Å²) in [6.45, 7) is 0. The number of benzene rings is 8. The molecule has 47 heavy (non-hydrogen) atoms. The smallest absolute Gasteiger partial charge is 0.207 e. The second kappa shape index (κ2) is 10.6. The standard InChI is InChI=1S/C43H27NO2S/c45-47(46,30-15-5-2-6-16-30)40-26-25-31(32-17-7-10-20-35(32)40)29-23-24-37-39(27-29)42(28-13-3-1-4-14-28)44-43-38-22-12-9-19-34(38)33-18-8-11-21-36(33)41(37)43/h1-27H. The van der Waals surface area contributed by atoms with Crippen LogP contribution in [0.4, 0.5) is 0 Å². The first-order chi connectivity index (χ1) is 23.1. The van der Waals surface area contributed by atoms with Crippen LogP contribution in [0.2, 0.25) is 0 Å². The van der Waals surface area contributed by atoms with E-state index in [1.165, 1.54) is 16.2 Å². The Hall–Kier alpha value is -5.84. The zero-order chi connectivity index (χ0) is 31.5. The highest BCUT2D eigenvalue weighted by atomic mass is 32.2. The topological polar surface area (TPSA) is 47.0 Å². The molecule has 0 aliphatic heterocycles. The number of hydrogen-bond donors (Lipinski definition) is 0. The van der Waals surface area contributed by atoms with Gasteiger partial charge in [0, 0.05) is 27.1 Å². The predicted molar refractivity (Wildman–Crippen MR) is 195 cm³/mol. The van der Waals surface area contributed by atoms with Gasteiger partial charge in [0.25, 0.3) is 0 Å². The van der Waals surface area contributed by atoms with Gasteiger partial charge in [-0.2, -0.15) is 0 Å². The van der Waals surface area contributed by atoms with Crippen LogP contribution in [0, 0.1) is 0 Å². The molecule has 0 aliphatic carbocycles. The third kappa shape index (κ3) is 4.26. The van der Waals surface area contributed by atoms with Crippen LogP contribution in [0.1, 0.15) is 0 Å². The van der Waals surface area contributed by atoms with Crippen molar-refractivity contribution in [2.45, 2.75) is 9.79 Å². The van der Waals surface area contributed by atoms with Gasteiger partial charge in [-0.15, -0.1) is 0 Å². The molecule has 3 nitrogen and oxygen atoms in total. The minimum atomic E-state index is -3.72. The lowest BCUT2D eigenvalue weighted by atomic mass is 9.90. The Morgan fingerprint density at radius 1 is 0.404 bits per heavy atom. The van der Waals surface area contributed by atoms with Gasteiger partial charge in [-0.25, -0.2) is 13.4 Å². The van der Waals surface area contributed by atoms with Crippen LogP contribution >= 0.6 is 0 Å². The zero-order valence-electron chi connectivity index (χ0n) is 25.3. The molecule has 1 aromatic heterocycles. The Morgan fingerprint density at radius 2 is 0.957 bits per heavy atom. The fourth-order valence-corrected chi connectivity index (χ4v) is 8.59. The Morgan fingerprint density at radius 3 is 1.68 bits per heavy atom. The molecule has 0 N–H and O–H groups in total. The van der Waals surface area contributed by atoms with Gasteiger partial charge in [-0.05, 0) is 62.3 Å². The van der Waals surface area contributed by atoms with E-state index >= 15 is 0 Å². The van der Waals surface area contributed by atoms with Crippen molar-refractivity contribution in [3.63, 3.8) is 0 Å². The molecule has 0 atom stereocenters. The first-order valence-electron chi connectivity index (χ1n) is 15.6. The monoisotopic (exact) mass is 621 g/mol. The highest BCUT2D eigenvalue weighted by molar-refractivity contribution is 7.91. The summed E-state index contributed by atoms with van der Waals surface area (Å²) in [6, 6.07) is 54.2. The van der Waals surface area contributed by atoms with Gasteiger partial charge in [-0.3, -0.25) is 0 Å². The third-order valence-corrected chi connectivity index (χ3v) is 11.1. The van der Waals surface area contributed by atoms with Gasteiger partial charge in [0.1, 0.15) is 0 Å². The molecular formula is C43H27NO2S. The van der Waals surface area contributed by atoms with Crippen LogP contribution in [0.15, 0.2) is 174 Å². The Bertz CT molecular complexity index is 2790. The lowest BCUT2D eigenvalue weighted by molar-refractivity contribution is 0.597. The Labute approximate surface area is 272 Å². The second-order valence-corrected chi connectivity index (χ2v) is 13.8. The highest BCUT2D eigenvalue weighted by Gasteiger charge is 2.22. The summed E-state index contributed by atoms with van der Waals surface area (Å²) in [5.74, 6) is 0. The van der Waals surface area contributed by atoms with E-state index in [1.807, 2.05) is 42.5 Å². The largest absolute Gasteiger partial charge is 0.246 e. The van der Waals surface area contributed by atoms with Gasteiger partial charge >= 0.3 is 0 Å². The van der Waals surface area contributed by atoms with E-state index in [0.29, 0.717) is 10.3 Å². The third-order valence-electron chi connectivity index (χ3n) is 9.26. The average Bonchev–Trinajstić information content (AvgIpc) is 3.14. The van der Waals surface area contributed by atoms with Gasteiger partial charge in [0.05, 0.1) is 21.0 Å². The molecule has 0 bridgehead atoms. The maximum absolute atomic E-state index is 13.8. The fraction of sp³-hybridized carbons (Fsp3) is 0. The minimum absolute atomic E-state index is 0.286. The van der Waals surface area contributed by atoms with Crippen LogP contribution in [0.3, 0.4) is 0 Å². The molecular weight excluding hydrogens is 595 g/mol. The Balaban J connectivity index is 1.36. The molecule has 0 amide bonds. The van der Waals surface area contributed by atoms with Gasteiger partial charge in [0.2, 0.25) is 9.84 Å². The number of rotatable bonds is 4. The number of nitrogens with zero attached hydrogens (tertiary/aromatic N) is 1. The molecule has 0 saturated carbocycles. The van der Waals surface area contributed by atoms with Gasteiger partial charge < -0.3 is 0 Å². The number of hydrogen-bond acceptors (Lipinski definition) is 3. The number of fused-ring (bicyclic) bond motifs is 9. The van der Waals surface area contributed by atoms with E-state index in [4.69, 9.17) is 4.98 Å². The molecule has 0 radical (unpaired) electrons. The van der Waals surface area contributed by atoms with Crippen molar-refractivity contribution in [2.24, 2.45) is 0 Å². The van der Waals surface area contributed by atoms with Crippen molar-refractivity contribution in [3.8, 4) is 22.4 Å². The summed E-state index contributed by atoms with van der Waals surface area (Å²) in [5, 5.41) is 9.60. The summed E-state index contributed by atoms with van der Waals surface area (Å²) in [4.78, 5) is 6.04. The maximum atomic E-state index is 13.8. The highest BCUT2D eigenvalue weighted by Crippen LogP contribution is 2.43. The van der Waals surface area contributed by atoms with E-state index in [0.717, 1.165) is 54.8 Å². The van der Waals surface area contributed by atoms with E-state index in [2.05, 4.69) is 91.0 Å². The molecule has 9 rings (SSSR count). The number of sulfone groups is 1. The number of aromatic nitrogens is 1. The van der Waals surface area contributed by atoms with E-state index in [9.17, 15) is 8.42 Å². The first kappa shape index (κ1) is 27.5. The fourth-order valence-electron chi connectivity index (χ4n) is 7.11. The van der Waals surface area contributed by atoms with Gasteiger partial charge in [0.15, 0.2) is 0 Å². The minimum Gasteiger partial charge on any atom is -0.246 e. The summed E-state index contributed by atoms with van der Waals surface area (Å²) in [6.07, 6.45) is 0. The predicted octanol–water partition coefficient (Wildman–Crippen LogP) is 11.0. The Kier molecular flexibility index (Phi) is 6.21. The normalized spacial score (nSPS) is 12.0. The SMILES string of the molecule is O=S(=O)(c1ccccc1)c1ccc(-c2ccc3c(c2)c(-c2ccccc2)nc2c4ccccc4c4ccccc4c32)c2ccccc12. The summed E-state index contributed by atoms with van der Waals surface area (Å²) in [7, 11) is -3.72. The van der Waals surface area contributed by atoms with Crippen molar-refractivity contribution in [3.05, 3.63) is 164 Å². The van der Waals surface area contributed by atoms with Crippen LogP contribution in [0.25, 0.3) is 76.4 Å². The van der Waals surface area contributed by atoms with Gasteiger partial charge in [-0.1, -0.05) is 140 Å². The lowest BCUT2D eigenvalue weighted by Gasteiger charge is -2.17. The van der Waals surface area contributed by atoms with Crippen LogP contribution in [-0.2, 0) is 9.84 Å². The molecule has 0 unspecified atom stereocenters. The molecule has 222 valence electrons. The van der Waals surface area contributed by atoms with Crippen molar-refractivity contribution in [1.82, 2.24) is 4.98 Å². The molecule has 0 spiro atoms. The maximum Gasteiger partial charge on any atom is 0.207 e. The van der Waals surface area contributed by atoms with Crippen molar-refractivity contribution >= 4 is 63.8 Å². The van der Waals surface area contributed by atoms with Crippen molar-refractivity contribution in [2.75, 3.05) is 0 Å². The molecule has 0 aliphatic rings. The quantitative estimate of drug-likeness (QED) is 0.184. The van der Waals surface area contributed by atoms with Crippen molar-refractivity contribution in [1.29, 1.82) is 0 Å². The van der Waals surface area contributed by atoms with Crippen LogP contribution < -0.4 is 0 Å². The summed E-state index contributed by atoms with van der Waals surface area (Å²) in [5.41, 5.74) is 4.92. The summed E-state index contributed by atoms with van der Waals surface area (Å²) < 4.78 is 27.6. The molecule has 4 heteroatoms. The van der Waals surface area contributed by atoms with Crippen molar-refractivity contribution < 1.29 is 8.42 Å². The molecule has 9 aromatic rings. The lowest BCUT2D eigenvalue weighted by Crippen LogP contribution is -2.03. The summed E-state index contributed by atoms with van der Waals surface area (Å²) >= 11 is 0. The molecule has 8 aromatic carbocycles. The first-order valence-corrected chi connectivity index (χ1v) is 17.1. The van der Waals surface area contributed by atoms with E-state index in [-0.39, 0.29) is 4.90 Å². The average molecular weight is 622 g/mol. The molecule has 0 fully saturated rings. The van der Waals surface area contributed by atoms with Crippen LogP contribution in [0.5, 0.6) is 0 Å². The second-order valence-electron chi connectivity index (χ2n) is 11.9. The number of pyridine rings is 1. The molecule has 1 heterocycles. The zero-order valence-corrected chi connectivity index (χ0v) is 26.1. The molecule has 0 saturated heterocycles. The van der Waals surface area contributed by atoms with E-state index in [1.54, 1.807) is 30.3 Å². The van der Waals surface area contributed by atoms with E-state index < -0.39 is 9.84 Å². The van der Waals surface area contributed by atoms with Crippen LogP contribution in [-0.4, -0.2) is 13.4 Å².